The van der Waals surface area contributed by atoms with Crippen molar-refractivity contribution < 1.29 is 4.79 Å². The van der Waals surface area contributed by atoms with E-state index in [4.69, 9.17) is 0 Å². The molecule has 1 atom stereocenters. The minimum Gasteiger partial charge on any atom is -0.335 e. The van der Waals surface area contributed by atoms with E-state index in [1.54, 1.807) is 12.4 Å². The van der Waals surface area contributed by atoms with Crippen LogP contribution in [0.25, 0.3) is 17.1 Å². The highest BCUT2D eigenvalue weighted by Crippen LogP contribution is 2.52. The van der Waals surface area contributed by atoms with Gasteiger partial charge in [0.2, 0.25) is 5.91 Å². The molecule has 5 heteroatoms. The molecule has 2 aliphatic heterocycles. The lowest BCUT2D eigenvalue weighted by Crippen LogP contribution is -2.58. The first-order chi connectivity index (χ1) is 13.0. The molecule has 0 unspecified atom stereocenters. The maximum absolute atomic E-state index is 12.3. The van der Waals surface area contributed by atoms with Crippen molar-refractivity contribution in [1.29, 1.82) is 0 Å². The Bertz CT molecular complexity index is 1100. The fraction of sp³-hybridized carbons (Fsp3) is 0.227. The lowest BCUT2D eigenvalue weighted by atomic mass is 9.75. The molecular formula is C22H20N4O. The van der Waals surface area contributed by atoms with E-state index < -0.39 is 5.66 Å². The molecule has 5 rings (SSSR count). The Morgan fingerprint density at radius 2 is 1.85 bits per heavy atom. The Balaban J connectivity index is 1.61. The van der Waals surface area contributed by atoms with Gasteiger partial charge in [-0.1, -0.05) is 44.2 Å². The van der Waals surface area contributed by atoms with Crippen molar-refractivity contribution in [3.05, 3.63) is 72.1 Å². The molecule has 0 aliphatic carbocycles. The van der Waals surface area contributed by atoms with Crippen molar-refractivity contribution in [2.24, 2.45) is 0 Å². The van der Waals surface area contributed by atoms with E-state index in [1.807, 2.05) is 24.3 Å². The van der Waals surface area contributed by atoms with Crippen molar-refractivity contribution in [2.75, 3.05) is 11.4 Å². The topological polar surface area (TPSA) is 58.1 Å². The predicted octanol–water partition coefficient (Wildman–Crippen LogP) is 3.27. The van der Waals surface area contributed by atoms with Crippen LogP contribution in [0, 0.1) is 0 Å². The van der Waals surface area contributed by atoms with E-state index in [0.717, 1.165) is 22.3 Å². The molecular weight excluding hydrogens is 336 g/mol. The summed E-state index contributed by atoms with van der Waals surface area (Å²) >= 11 is 0. The highest BCUT2D eigenvalue weighted by molar-refractivity contribution is 5.91. The first kappa shape index (κ1) is 16.0. The van der Waals surface area contributed by atoms with Crippen molar-refractivity contribution in [2.45, 2.75) is 24.9 Å². The maximum atomic E-state index is 12.3. The molecule has 2 aliphatic rings. The number of hydrogen-bond acceptors (Lipinski definition) is 4. The van der Waals surface area contributed by atoms with Gasteiger partial charge < -0.3 is 10.2 Å². The number of rotatable bonds is 2. The van der Waals surface area contributed by atoms with Crippen molar-refractivity contribution in [3.8, 4) is 0 Å². The van der Waals surface area contributed by atoms with Crippen LogP contribution in [-0.4, -0.2) is 28.1 Å². The lowest BCUT2D eigenvalue weighted by Gasteiger charge is -2.40. The summed E-state index contributed by atoms with van der Waals surface area (Å²) in [5, 5.41) is 3.25. The SMILES string of the molecule is CC1(C)c2ccccc2N2CC(=O)N[C@]21/C=C/c1ccc2nccnc2c1. The number of benzene rings is 2. The van der Waals surface area contributed by atoms with Gasteiger partial charge in [0.25, 0.3) is 0 Å². The molecule has 1 saturated heterocycles. The molecule has 0 radical (unpaired) electrons. The lowest BCUT2D eigenvalue weighted by molar-refractivity contribution is -0.118. The van der Waals surface area contributed by atoms with Gasteiger partial charge in [-0.05, 0) is 35.4 Å². The third-order valence-electron chi connectivity index (χ3n) is 5.89. The molecule has 2 aromatic carbocycles. The molecule has 27 heavy (non-hydrogen) atoms. The number of aromatic nitrogens is 2. The largest absolute Gasteiger partial charge is 0.335 e. The average molecular weight is 356 g/mol. The number of fused-ring (bicyclic) bond motifs is 4. The van der Waals surface area contributed by atoms with Crippen LogP contribution in [0.3, 0.4) is 0 Å². The van der Waals surface area contributed by atoms with Crippen LogP contribution in [0.15, 0.2) is 60.9 Å². The molecule has 1 N–H and O–H groups in total. The quantitative estimate of drug-likeness (QED) is 0.766. The predicted molar refractivity (Wildman–Crippen MR) is 106 cm³/mol. The van der Waals surface area contributed by atoms with Crippen molar-refractivity contribution >= 4 is 28.7 Å². The van der Waals surface area contributed by atoms with E-state index in [0.29, 0.717) is 6.54 Å². The van der Waals surface area contributed by atoms with Gasteiger partial charge in [-0.25, -0.2) is 0 Å². The molecule has 1 aromatic heterocycles. The summed E-state index contributed by atoms with van der Waals surface area (Å²) in [5.41, 5.74) is 4.29. The second kappa shape index (κ2) is 5.39. The van der Waals surface area contributed by atoms with Gasteiger partial charge in [0.1, 0.15) is 5.66 Å². The van der Waals surface area contributed by atoms with Crippen LogP contribution >= 0.6 is 0 Å². The highest BCUT2D eigenvalue weighted by Gasteiger charge is 2.59. The van der Waals surface area contributed by atoms with Gasteiger partial charge >= 0.3 is 0 Å². The summed E-state index contributed by atoms with van der Waals surface area (Å²) in [5.74, 6) is 0.0478. The van der Waals surface area contributed by atoms with Crippen LogP contribution < -0.4 is 10.2 Å². The van der Waals surface area contributed by atoms with Gasteiger partial charge in [0.15, 0.2) is 0 Å². The highest BCUT2D eigenvalue weighted by atomic mass is 16.2. The Labute approximate surface area is 157 Å². The zero-order valence-electron chi connectivity index (χ0n) is 15.3. The number of amides is 1. The molecule has 134 valence electrons. The van der Waals surface area contributed by atoms with Crippen LogP contribution in [0.5, 0.6) is 0 Å². The number of hydrogen-bond donors (Lipinski definition) is 1. The first-order valence-electron chi connectivity index (χ1n) is 9.09. The minimum absolute atomic E-state index is 0.0478. The third-order valence-corrected chi connectivity index (χ3v) is 5.89. The maximum Gasteiger partial charge on any atom is 0.241 e. The average Bonchev–Trinajstić information content (AvgIpc) is 3.11. The van der Waals surface area contributed by atoms with E-state index in [2.05, 4.69) is 64.4 Å². The number of para-hydroxylation sites is 1. The van der Waals surface area contributed by atoms with Gasteiger partial charge in [-0.2, -0.15) is 0 Å². The van der Waals surface area contributed by atoms with Gasteiger partial charge in [0.05, 0.1) is 17.6 Å². The third kappa shape index (κ3) is 2.14. The van der Waals surface area contributed by atoms with E-state index in [-0.39, 0.29) is 11.3 Å². The molecule has 0 saturated carbocycles. The second-order valence-electron chi connectivity index (χ2n) is 7.68. The first-order valence-corrected chi connectivity index (χ1v) is 9.09. The number of nitrogens with one attached hydrogen (secondary N) is 1. The van der Waals surface area contributed by atoms with E-state index >= 15 is 0 Å². The van der Waals surface area contributed by atoms with E-state index in [9.17, 15) is 4.79 Å². The van der Waals surface area contributed by atoms with Crippen LogP contribution in [-0.2, 0) is 10.2 Å². The monoisotopic (exact) mass is 356 g/mol. The van der Waals surface area contributed by atoms with Gasteiger partial charge in [0, 0.05) is 23.5 Å². The van der Waals surface area contributed by atoms with Gasteiger partial charge in [-0.15, -0.1) is 0 Å². The Kier molecular flexibility index (Phi) is 3.20. The van der Waals surface area contributed by atoms with Crippen LogP contribution in [0.4, 0.5) is 5.69 Å². The minimum atomic E-state index is -0.578. The summed E-state index contributed by atoms with van der Waals surface area (Å²) < 4.78 is 0. The zero-order chi connectivity index (χ0) is 18.6. The van der Waals surface area contributed by atoms with Crippen molar-refractivity contribution in [3.63, 3.8) is 0 Å². The summed E-state index contributed by atoms with van der Waals surface area (Å²) in [6.07, 6.45) is 7.58. The number of anilines is 1. The number of carbonyl (C=O) groups excluding carboxylic acids is 1. The van der Waals surface area contributed by atoms with Gasteiger partial charge in [-0.3, -0.25) is 14.8 Å². The summed E-state index contributed by atoms with van der Waals surface area (Å²) in [6, 6.07) is 14.4. The molecule has 0 spiro atoms. The summed E-state index contributed by atoms with van der Waals surface area (Å²) in [4.78, 5) is 23.2. The smallest absolute Gasteiger partial charge is 0.241 e. The fourth-order valence-corrected chi connectivity index (χ4v) is 4.44. The van der Waals surface area contributed by atoms with Crippen LogP contribution in [0.2, 0.25) is 0 Å². The summed E-state index contributed by atoms with van der Waals surface area (Å²) in [6.45, 7) is 4.75. The molecule has 1 amide bonds. The molecule has 3 heterocycles. The fourth-order valence-electron chi connectivity index (χ4n) is 4.44. The standard InChI is InChI=1S/C22H20N4O/c1-21(2)16-5-3-4-6-19(16)26-14-20(27)25-22(21,26)10-9-15-7-8-17-18(13-15)24-12-11-23-17/h3-13H,14H2,1-2H3,(H,25,27)/b10-9+/t22-/m1/s1. The van der Waals surface area contributed by atoms with Crippen LogP contribution in [0.1, 0.15) is 25.0 Å². The summed E-state index contributed by atoms with van der Waals surface area (Å²) in [7, 11) is 0. The Morgan fingerprint density at radius 1 is 1.07 bits per heavy atom. The number of carbonyl (C=O) groups is 1. The Morgan fingerprint density at radius 3 is 2.70 bits per heavy atom. The van der Waals surface area contributed by atoms with Crippen molar-refractivity contribution in [1.82, 2.24) is 15.3 Å². The Hall–Kier alpha value is -3.21. The molecule has 5 nitrogen and oxygen atoms in total. The van der Waals surface area contributed by atoms with E-state index in [1.165, 1.54) is 5.56 Å². The zero-order valence-corrected chi connectivity index (χ0v) is 15.3. The number of nitrogens with zero attached hydrogens (tertiary/aromatic N) is 3. The molecule has 1 fully saturated rings. The normalized spacial score (nSPS) is 22.9. The second-order valence-corrected chi connectivity index (χ2v) is 7.68. The molecule has 3 aromatic rings. The molecule has 0 bridgehead atoms.